The number of carbonyl (C=O) groups excluding carboxylic acids is 1. The van der Waals surface area contributed by atoms with Crippen molar-refractivity contribution in [1.82, 2.24) is 20.0 Å². The minimum atomic E-state index is -0.508. The number of rotatable bonds is 5. The highest BCUT2D eigenvalue weighted by Crippen LogP contribution is 2.32. The van der Waals surface area contributed by atoms with E-state index in [2.05, 4.69) is 15.3 Å². The van der Waals surface area contributed by atoms with Crippen LogP contribution in [0.25, 0.3) is 10.6 Å². The van der Waals surface area contributed by atoms with Gasteiger partial charge in [-0.15, -0.1) is 16.4 Å². The molecule has 0 spiro atoms. The molecule has 0 bridgehead atoms. The quantitative estimate of drug-likeness (QED) is 0.784. The predicted octanol–water partition coefficient (Wildman–Crippen LogP) is 1.84. The van der Waals surface area contributed by atoms with E-state index in [9.17, 15) is 4.79 Å². The SMILES string of the molecule is COC(=O)c1nnn(CC(C)OC)c1-c1sc(C)nc1C. The summed E-state index contributed by atoms with van der Waals surface area (Å²) in [6.45, 7) is 6.24. The summed E-state index contributed by atoms with van der Waals surface area (Å²) in [5.41, 5.74) is 1.68. The topological polar surface area (TPSA) is 79.1 Å². The van der Waals surface area contributed by atoms with Crippen LogP contribution in [0.2, 0.25) is 0 Å². The summed E-state index contributed by atoms with van der Waals surface area (Å²) in [6, 6.07) is 0. The van der Waals surface area contributed by atoms with Gasteiger partial charge in [0.05, 0.1) is 35.3 Å². The molecule has 0 aromatic carbocycles. The van der Waals surface area contributed by atoms with E-state index < -0.39 is 5.97 Å². The summed E-state index contributed by atoms with van der Waals surface area (Å²) in [4.78, 5) is 17.2. The number of thiazole rings is 1. The number of nitrogens with zero attached hydrogens (tertiary/aromatic N) is 4. The van der Waals surface area contributed by atoms with Crippen molar-refractivity contribution in [2.75, 3.05) is 14.2 Å². The Balaban J connectivity index is 2.55. The van der Waals surface area contributed by atoms with Gasteiger partial charge < -0.3 is 9.47 Å². The zero-order valence-corrected chi connectivity index (χ0v) is 13.5. The van der Waals surface area contributed by atoms with Crippen molar-refractivity contribution >= 4 is 17.3 Å². The van der Waals surface area contributed by atoms with Gasteiger partial charge in [-0.1, -0.05) is 5.21 Å². The number of carbonyl (C=O) groups is 1. The molecule has 2 rings (SSSR count). The molecule has 0 aliphatic carbocycles. The fraction of sp³-hybridized carbons (Fsp3) is 0.538. The summed E-state index contributed by atoms with van der Waals surface area (Å²) in [7, 11) is 2.96. The normalized spacial score (nSPS) is 12.4. The van der Waals surface area contributed by atoms with E-state index in [1.807, 2.05) is 20.8 Å². The molecule has 0 saturated heterocycles. The Morgan fingerprint density at radius 1 is 1.38 bits per heavy atom. The van der Waals surface area contributed by atoms with Crippen LogP contribution < -0.4 is 0 Å². The van der Waals surface area contributed by atoms with E-state index in [0.29, 0.717) is 12.2 Å². The summed E-state index contributed by atoms with van der Waals surface area (Å²) in [5.74, 6) is -0.508. The molecule has 0 amide bonds. The average Bonchev–Trinajstić information content (AvgIpc) is 3.00. The van der Waals surface area contributed by atoms with Gasteiger partial charge in [0.1, 0.15) is 5.69 Å². The van der Waals surface area contributed by atoms with Gasteiger partial charge in [0.15, 0.2) is 5.69 Å². The molecule has 0 aliphatic rings. The van der Waals surface area contributed by atoms with E-state index in [1.165, 1.54) is 18.4 Å². The van der Waals surface area contributed by atoms with Crippen LogP contribution in [0.5, 0.6) is 0 Å². The lowest BCUT2D eigenvalue weighted by Gasteiger charge is -2.11. The highest BCUT2D eigenvalue weighted by molar-refractivity contribution is 7.15. The van der Waals surface area contributed by atoms with Gasteiger partial charge in [-0.2, -0.15) is 0 Å². The second-order valence-electron chi connectivity index (χ2n) is 4.65. The van der Waals surface area contributed by atoms with Crippen molar-refractivity contribution in [3.8, 4) is 10.6 Å². The first kappa shape index (κ1) is 15.6. The molecular weight excluding hydrogens is 292 g/mol. The highest BCUT2D eigenvalue weighted by Gasteiger charge is 2.25. The van der Waals surface area contributed by atoms with Crippen molar-refractivity contribution in [2.24, 2.45) is 0 Å². The van der Waals surface area contributed by atoms with Gasteiger partial charge in [0, 0.05) is 7.11 Å². The summed E-state index contributed by atoms with van der Waals surface area (Å²) < 4.78 is 11.7. The average molecular weight is 310 g/mol. The lowest BCUT2D eigenvalue weighted by molar-refractivity contribution is 0.0594. The zero-order valence-electron chi connectivity index (χ0n) is 12.7. The van der Waals surface area contributed by atoms with Gasteiger partial charge in [0.2, 0.25) is 0 Å². The van der Waals surface area contributed by atoms with Gasteiger partial charge in [-0.05, 0) is 20.8 Å². The maximum atomic E-state index is 11.9. The third kappa shape index (κ3) is 3.11. The van der Waals surface area contributed by atoms with E-state index in [4.69, 9.17) is 9.47 Å². The van der Waals surface area contributed by atoms with Crippen molar-refractivity contribution in [3.63, 3.8) is 0 Å². The molecule has 21 heavy (non-hydrogen) atoms. The smallest absolute Gasteiger partial charge is 0.360 e. The molecule has 0 saturated carbocycles. The van der Waals surface area contributed by atoms with Crippen molar-refractivity contribution < 1.29 is 14.3 Å². The Bertz CT molecular complexity index is 650. The third-order valence-electron chi connectivity index (χ3n) is 3.06. The molecule has 0 fully saturated rings. The van der Waals surface area contributed by atoms with Crippen LogP contribution >= 0.6 is 11.3 Å². The highest BCUT2D eigenvalue weighted by atomic mass is 32.1. The van der Waals surface area contributed by atoms with E-state index in [1.54, 1.807) is 11.8 Å². The molecule has 0 N–H and O–H groups in total. The fourth-order valence-electron chi connectivity index (χ4n) is 1.97. The van der Waals surface area contributed by atoms with Crippen LogP contribution in [-0.2, 0) is 16.0 Å². The van der Waals surface area contributed by atoms with Crippen molar-refractivity contribution in [2.45, 2.75) is 33.4 Å². The van der Waals surface area contributed by atoms with E-state index in [0.717, 1.165) is 15.6 Å². The lowest BCUT2D eigenvalue weighted by atomic mass is 10.2. The number of hydrogen-bond donors (Lipinski definition) is 0. The number of esters is 1. The second-order valence-corrected chi connectivity index (χ2v) is 5.86. The van der Waals surface area contributed by atoms with Crippen molar-refractivity contribution in [3.05, 3.63) is 16.4 Å². The maximum Gasteiger partial charge on any atom is 0.360 e. The first-order valence-corrected chi connectivity index (χ1v) is 7.28. The molecule has 8 heteroatoms. The first-order valence-electron chi connectivity index (χ1n) is 6.46. The molecule has 0 aliphatic heterocycles. The monoisotopic (exact) mass is 310 g/mol. The Kier molecular flexibility index (Phi) is 4.69. The largest absolute Gasteiger partial charge is 0.464 e. The minimum Gasteiger partial charge on any atom is -0.464 e. The maximum absolute atomic E-state index is 11.9. The van der Waals surface area contributed by atoms with Gasteiger partial charge in [0.25, 0.3) is 0 Å². The number of ether oxygens (including phenoxy) is 2. The first-order chi connectivity index (χ1) is 9.97. The number of hydrogen-bond acceptors (Lipinski definition) is 7. The summed E-state index contributed by atoms with van der Waals surface area (Å²) >= 11 is 1.50. The van der Waals surface area contributed by atoms with Gasteiger partial charge >= 0.3 is 5.97 Å². The fourth-order valence-corrected chi connectivity index (χ4v) is 2.94. The molecule has 2 aromatic heterocycles. The van der Waals surface area contributed by atoms with E-state index >= 15 is 0 Å². The molecule has 2 heterocycles. The van der Waals surface area contributed by atoms with Crippen molar-refractivity contribution in [1.29, 1.82) is 0 Å². The Labute approximate surface area is 126 Å². The van der Waals surface area contributed by atoms with Gasteiger partial charge in [-0.3, -0.25) is 0 Å². The standard InChI is InChI=1S/C13H18N4O3S/c1-7(19-4)6-17-11(10(15-16-17)13(18)20-5)12-8(2)14-9(3)21-12/h7H,6H2,1-5H3. The molecule has 7 nitrogen and oxygen atoms in total. The summed E-state index contributed by atoms with van der Waals surface area (Å²) in [5, 5.41) is 8.95. The van der Waals surface area contributed by atoms with Crippen LogP contribution in [0.3, 0.4) is 0 Å². The lowest BCUT2D eigenvalue weighted by Crippen LogP contribution is -2.17. The van der Waals surface area contributed by atoms with Crippen LogP contribution in [0, 0.1) is 13.8 Å². The Hall–Kier alpha value is -1.80. The van der Waals surface area contributed by atoms with E-state index in [-0.39, 0.29) is 11.8 Å². The number of methoxy groups -OCH3 is 2. The minimum absolute atomic E-state index is 0.0507. The molecular formula is C13H18N4O3S. The zero-order chi connectivity index (χ0) is 15.6. The molecule has 2 aromatic rings. The Morgan fingerprint density at radius 2 is 2.10 bits per heavy atom. The Morgan fingerprint density at radius 3 is 2.62 bits per heavy atom. The predicted molar refractivity (Wildman–Crippen MR) is 78.4 cm³/mol. The number of aryl methyl sites for hydroxylation is 2. The van der Waals surface area contributed by atoms with Crippen LogP contribution in [0.1, 0.15) is 28.1 Å². The molecule has 0 radical (unpaired) electrons. The molecule has 1 unspecified atom stereocenters. The van der Waals surface area contributed by atoms with Crippen LogP contribution in [0.4, 0.5) is 0 Å². The van der Waals surface area contributed by atoms with Crippen LogP contribution in [-0.4, -0.2) is 46.3 Å². The number of aromatic nitrogens is 4. The molecule has 1 atom stereocenters. The van der Waals surface area contributed by atoms with Gasteiger partial charge in [-0.25, -0.2) is 14.5 Å². The molecule has 114 valence electrons. The second kappa shape index (κ2) is 6.31. The third-order valence-corrected chi connectivity index (χ3v) is 4.14. The summed E-state index contributed by atoms with van der Waals surface area (Å²) in [6.07, 6.45) is -0.0507. The van der Waals surface area contributed by atoms with Crippen LogP contribution in [0.15, 0.2) is 0 Å².